The molecule has 1 aromatic rings. The fourth-order valence-electron chi connectivity index (χ4n) is 2.70. The molecule has 0 N–H and O–H groups in total. The van der Waals surface area contributed by atoms with E-state index in [0.29, 0.717) is 15.9 Å². The Bertz CT molecular complexity index is 582. The monoisotopic (exact) mass is 348 g/mol. The molecule has 1 unspecified atom stereocenters. The second kappa shape index (κ2) is 4.54. The number of nitrogens with zero attached hydrogens (tertiary/aromatic N) is 2. The summed E-state index contributed by atoms with van der Waals surface area (Å²) >= 11 is 3.24. The Morgan fingerprint density at radius 2 is 2.25 bits per heavy atom. The number of benzene rings is 1. The van der Waals surface area contributed by atoms with Gasteiger partial charge in [-0.2, -0.15) is 0 Å². The number of nitro groups is 1. The molecule has 0 aliphatic carbocycles. The standard InChI is InChI=1S/C12H11BrF2N2O3/c13-9-3-7(17(18)19)4-10-11(9)20-6-8-5-12(14,15)1-2-16(8)10/h3-4,8H,1-2,5-6H2. The van der Waals surface area contributed by atoms with Gasteiger partial charge in [-0.1, -0.05) is 0 Å². The molecular weight excluding hydrogens is 338 g/mol. The Morgan fingerprint density at radius 3 is 2.95 bits per heavy atom. The number of hydrogen-bond acceptors (Lipinski definition) is 4. The normalized spacial score (nSPS) is 23.6. The summed E-state index contributed by atoms with van der Waals surface area (Å²) in [6.07, 6.45) is -0.532. The van der Waals surface area contributed by atoms with Gasteiger partial charge in [0.25, 0.3) is 11.6 Å². The molecule has 1 atom stereocenters. The predicted octanol–water partition coefficient (Wildman–Crippen LogP) is 3.35. The van der Waals surface area contributed by atoms with Crippen molar-refractivity contribution in [2.45, 2.75) is 24.8 Å². The van der Waals surface area contributed by atoms with E-state index in [1.165, 1.54) is 12.1 Å². The number of piperidine rings is 1. The number of rotatable bonds is 1. The molecule has 1 fully saturated rings. The van der Waals surface area contributed by atoms with Crippen LogP contribution in [0.1, 0.15) is 12.8 Å². The lowest BCUT2D eigenvalue weighted by Gasteiger charge is -2.44. The van der Waals surface area contributed by atoms with E-state index in [1.807, 2.05) is 0 Å². The topological polar surface area (TPSA) is 55.6 Å². The van der Waals surface area contributed by atoms with Crippen LogP contribution >= 0.6 is 15.9 Å². The molecule has 0 amide bonds. The van der Waals surface area contributed by atoms with Gasteiger partial charge in [-0.05, 0) is 15.9 Å². The van der Waals surface area contributed by atoms with Crippen LogP contribution in [0.25, 0.3) is 0 Å². The zero-order valence-corrected chi connectivity index (χ0v) is 11.9. The fraction of sp³-hybridized carbons (Fsp3) is 0.500. The van der Waals surface area contributed by atoms with Gasteiger partial charge in [-0.3, -0.25) is 10.1 Å². The smallest absolute Gasteiger partial charge is 0.272 e. The van der Waals surface area contributed by atoms with Crippen LogP contribution in [0, 0.1) is 10.1 Å². The molecule has 3 rings (SSSR count). The minimum Gasteiger partial charge on any atom is -0.488 e. The van der Waals surface area contributed by atoms with Crippen molar-refractivity contribution in [2.24, 2.45) is 0 Å². The van der Waals surface area contributed by atoms with E-state index in [-0.39, 0.29) is 31.7 Å². The first-order chi connectivity index (χ1) is 9.37. The summed E-state index contributed by atoms with van der Waals surface area (Å²) in [6.45, 7) is 0.334. The molecular formula is C12H11BrF2N2O3. The first-order valence-electron chi connectivity index (χ1n) is 6.12. The number of nitro benzene ring substituents is 1. The van der Waals surface area contributed by atoms with E-state index in [0.717, 1.165) is 0 Å². The van der Waals surface area contributed by atoms with Gasteiger partial charge < -0.3 is 9.64 Å². The molecule has 1 saturated heterocycles. The van der Waals surface area contributed by atoms with Crippen LogP contribution in [0.15, 0.2) is 16.6 Å². The SMILES string of the molecule is O=[N+]([O-])c1cc(Br)c2c(c1)N1CCC(F)(F)CC1CO2. The van der Waals surface area contributed by atoms with Gasteiger partial charge in [0.2, 0.25) is 0 Å². The summed E-state index contributed by atoms with van der Waals surface area (Å²) in [5.74, 6) is -2.21. The average Bonchev–Trinajstić information content (AvgIpc) is 2.36. The highest BCUT2D eigenvalue weighted by atomic mass is 79.9. The number of halogens is 3. The van der Waals surface area contributed by atoms with Gasteiger partial charge in [-0.25, -0.2) is 8.78 Å². The van der Waals surface area contributed by atoms with Crippen molar-refractivity contribution in [3.63, 3.8) is 0 Å². The van der Waals surface area contributed by atoms with Gasteiger partial charge in [0.05, 0.1) is 21.1 Å². The number of hydrogen-bond donors (Lipinski definition) is 0. The maximum absolute atomic E-state index is 13.4. The van der Waals surface area contributed by atoms with Crippen molar-refractivity contribution in [1.82, 2.24) is 0 Å². The third-order valence-electron chi connectivity index (χ3n) is 3.64. The summed E-state index contributed by atoms with van der Waals surface area (Å²) < 4.78 is 32.9. The summed E-state index contributed by atoms with van der Waals surface area (Å²) in [5, 5.41) is 10.9. The Kier molecular flexibility index (Phi) is 3.07. The molecule has 2 aliphatic heterocycles. The van der Waals surface area contributed by atoms with Crippen molar-refractivity contribution in [3.05, 3.63) is 26.7 Å². The summed E-state index contributed by atoms with van der Waals surface area (Å²) in [6, 6.07) is 2.30. The maximum atomic E-state index is 13.4. The van der Waals surface area contributed by atoms with Crippen LogP contribution in [0.4, 0.5) is 20.2 Å². The van der Waals surface area contributed by atoms with Crippen molar-refractivity contribution >= 4 is 27.3 Å². The van der Waals surface area contributed by atoms with Crippen LogP contribution in [-0.4, -0.2) is 30.0 Å². The first-order valence-corrected chi connectivity index (χ1v) is 6.92. The zero-order valence-electron chi connectivity index (χ0n) is 10.3. The summed E-state index contributed by atoms with van der Waals surface area (Å²) in [4.78, 5) is 12.2. The molecule has 0 aromatic heterocycles. The molecule has 2 aliphatic rings. The van der Waals surface area contributed by atoms with E-state index < -0.39 is 16.9 Å². The molecule has 0 bridgehead atoms. The highest BCUT2D eigenvalue weighted by Gasteiger charge is 2.43. The zero-order chi connectivity index (χ0) is 14.5. The molecule has 108 valence electrons. The lowest BCUT2D eigenvalue weighted by Crippen LogP contribution is -2.52. The van der Waals surface area contributed by atoms with Crippen molar-refractivity contribution in [1.29, 1.82) is 0 Å². The number of non-ortho nitro benzene ring substituents is 1. The third kappa shape index (κ3) is 2.21. The lowest BCUT2D eigenvalue weighted by molar-refractivity contribution is -0.384. The quantitative estimate of drug-likeness (QED) is 0.576. The van der Waals surface area contributed by atoms with E-state index in [9.17, 15) is 18.9 Å². The van der Waals surface area contributed by atoms with Gasteiger partial charge in [0.15, 0.2) is 5.75 Å². The second-order valence-corrected chi connectivity index (χ2v) is 5.86. The van der Waals surface area contributed by atoms with Gasteiger partial charge in [0, 0.05) is 31.5 Å². The highest BCUT2D eigenvalue weighted by molar-refractivity contribution is 9.10. The Labute approximate surface area is 121 Å². The number of ether oxygens (including phenoxy) is 1. The molecule has 20 heavy (non-hydrogen) atoms. The maximum Gasteiger partial charge on any atom is 0.272 e. The largest absolute Gasteiger partial charge is 0.488 e. The predicted molar refractivity (Wildman–Crippen MR) is 71.6 cm³/mol. The van der Waals surface area contributed by atoms with Crippen LogP contribution in [-0.2, 0) is 0 Å². The van der Waals surface area contributed by atoms with Crippen LogP contribution < -0.4 is 9.64 Å². The van der Waals surface area contributed by atoms with Crippen molar-refractivity contribution < 1.29 is 18.4 Å². The van der Waals surface area contributed by atoms with E-state index >= 15 is 0 Å². The molecule has 1 aromatic carbocycles. The van der Waals surface area contributed by atoms with Gasteiger partial charge >= 0.3 is 0 Å². The van der Waals surface area contributed by atoms with Crippen molar-refractivity contribution in [2.75, 3.05) is 18.1 Å². The first kappa shape index (κ1) is 13.5. The number of anilines is 1. The molecule has 8 heteroatoms. The van der Waals surface area contributed by atoms with E-state index in [1.54, 1.807) is 4.90 Å². The average molecular weight is 349 g/mol. The summed E-state index contributed by atoms with van der Waals surface area (Å²) in [7, 11) is 0. The number of alkyl halides is 2. The molecule has 0 radical (unpaired) electrons. The van der Waals surface area contributed by atoms with Gasteiger partial charge in [0.1, 0.15) is 6.61 Å². The van der Waals surface area contributed by atoms with E-state index in [2.05, 4.69) is 15.9 Å². The Hall–Kier alpha value is -1.44. The molecule has 5 nitrogen and oxygen atoms in total. The minimum atomic E-state index is -2.69. The van der Waals surface area contributed by atoms with Crippen molar-refractivity contribution in [3.8, 4) is 5.75 Å². The van der Waals surface area contributed by atoms with Gasteiger partial charge in [-0.15, -0.1) is 0 Å². The number of fused-ring (bicyclic) bond motifs is 3. The molecule has 0 saturated carbocycles. The molecule has 0 spiro atoms. The summed E-state index contributed by atoms with van der Waals surface area (Å²) in [5.41, 5.74) is 0.426. The Balaban J connectivity index is 2.02. The van der Waals surface area contributed by atoms with Crippen LogP contribution in [0.5, 0.6) is 5.75 Å². The van der Waals surface area contributed by atoms with Crippen LogP contribution in [0.3, 0.4) is 0 Å². The second-order valence-electron chi connectivity index (χ2n) is 5.00. The Morgan fingerprint density at radius 1 is 1.50 bits per heavy atom. The highest BCUT2D eigenvalue weighted by Crippen LogP contribution is 2.46. The van der Waals surface area contributed by atoms with E-state index in [4.69, 9.17) is 4.74 Å². The molecule has 2 heterocycles. The minimum absolute atomic E-state index is 0.0859. The lowest BCUT2D eigenvalue weighted by atomic mass is 9.96. The third-order valence-corrected chi connectivity index (χ3v) is 4.23. The van der Waals surface area contributed by atoms with Crippen LogP contribution in [0.2, 0.25) is 0 Å². The fourth-order valence-corrected chi connectivity index (χ4v) is 3.25.